The summed E-state index contributed by atoms with van der Waals surface area (Å²) in [5.74, 6) is 0.755. The summed E-state index contributed by atoms with van der Waals surface area (Å²) >= 11 is 1.73. The maximum atomic E-state index is 6.07. The van der Waals surface area contributed by atoms with E-state index < -0.39 is 0 Å². The molecular weight excluding hydrogens is 406 g/mol. The Morgan fingerprint density at radius 3 is 2.55 bits per heavy atom. The first-order valence-corrected chi connectivity index (χ1v) is 11.6. The zero-order chi connectivity index (χ0) is 21.8. The second-order valence-electron chi connectivity index (χ2n) is 9.99. The molecule has 0 aliphatic carbocycles. The maximum absolute atomic E-state index is 6.07. The molecule has 1 aromatic carbocycles. The average Bonchev–Trinajstić information content (AvgIpc) is 3.16. The predicted molar refractivity (Wildman–Crippen MR) is 126 cm³/mol. The number of hydrogen-bond acceptors (Lipinski definition) is 7. The number of anilines is 1. The van der Waals surface area contributed by atoms with Crippen molar-refractivity contribution in [3.05, 3.63) is 42.2 Å². The van der Waals surface area contributed by atoms with Crippen LogP contribution < -0.4 is 15.0 Å². The molecule has 0 atom stereocenters. The summed E-state index contributed by atoms with van der Waals surface area (Å²) in [5, 5.41) is 12.7. The summed E-state index contributed by atoms with van der Waals surface area (Å²) in [5.41, 5.74) is 4.78. The van der Waals surface area contributed by atoms with Crippen molar-refractivity contribution in [2.45, 2.75) is 64.3 Å². The van der Waals surface area contributed by atoms with Crippen LogP contribution in [0.15, 0.2) is 36.7 Å². The van der Waals surface area contributed by atoms with Gasteiger partial charge in [0.05, 0.1) is 12.4 Å². The molecule has 2 aliphatic heterocycles. The molecule has 4 heterocycles. The van der Waals surface area contributed by atoms with Crippen LogP contribution in [0.5, 0.6) is 5.88 Å². The molecule has 2 aromatic heterocycles. The molecule has 0 saturated carbocycles. The van der Waals surface area contributed by atoms with Crippen LogP contribution in [0.2, 0.25) is 0 Å². The Labute approximate surface area is 187 Å². The number of nitrogens with zero attached hydrogens (tertiary/aromatic N) is 4. The molecule has 0 bridgehead atoms. The van der Waals surface area contributed by atoms with Gasteiger partial charge in [-0.1, -0.05) is 23.5 Å². The molecule has 0 unspecified atom stereocenters. The van der Waals surface area contributed by atoms with Gasteiger partial charge >= 0.3 is 0 Å². The van der Waals surface area contributed by atoms with Gasteiger partial charge in [-0.3, -0.25) is 0 Å². The SMILES string of the molecule is CN(c1nc2c(s1)-c1ccc(-c3ccnnc3)cc1CO2)C1CC(C)(C)NC(C)(C)C1. The van der Waals surface area contributed by atoms with E-state index in [1.165, 1.54) is 11.1 Å². The Hall–Kier alpha value is -2.51. The Morgan fingerprint density at radius 1 is 1.06 bits per heavy atom. The summed E-state index contributed by atoms with van der Waals surface area (Å²) in [6.45, 7) is 9.69. The molecule has 0 spiro atoms. The lowest BCUT2D eigenvalue weighted by Crippen LogP contribution is -2.61. The Balaban J connectivity index is 1.45. The van der Waals surface area contributed by atoms with Crippen LogP contribution in [-0.4, -0.2) is 39.3 Å². The first-order valence-electron chi connectivity index (χ1n) is 10.8. The molecule has 1 fully saturated rings. The summed E-state index contributed by atoms with van der Waals surface area (Å²) in [4.78, 5) is 8.36. The van der Waals surface area contributed by atoms with E-state index in [0.717, 1.165) is 39.9 Å². The van der Waals surface area contributed by atoms with E-state index in [-0.39, 0.29) is 11.1 Å². The second-order valence-corrected chi connectivity index (χ2v) is 11.0. The van der Waals surface area contributed by atoms with Gasteiger partial charge in [-0.2, -0.15) is 15.2 Å². The normalized spacial score (nSPS) is 19.3. The van der Waals surface area contributed by atoms with Crippen molar-refractivity contribution in [1.29, 1.82) is 0 Å². The lowest BCUT2D eigenvalue weighted by molar-refractivity contribution is 0.161. The highest BCUT2D eigenvalue weighted by molar-refractivity contribution is 7.19. The van der Waals surface area contributed by atoms with Crippen LogP contribution in [-0.2, 0) is 6.61 Å². The fourth-order valence-corrected chi connectivity index (χ4v) is 6.24. The van der Waals surface area contributed by atoms with Crippen LogP contribution in [0.1, 0.15) is 46.1 Å². The van der Waals surface area contributed by atoms with E-state index >= 15 is 0 Å². The number of nitrogens with one attached hydrogen (secondary N) is 1. The molecule has 1 saturated heterocycles. The van der Waals surface area contributed by atoms with E-state index in [0.29, 0.717) is 12.6 Å². The summed E-state index contributed by atoms with van der Waals surface area (Å²) < 4.78 is 6.07. The third kappa shape index (κ3) is 3.92. The van der Waals surface area contributed by atoms with Crippen molar-refractivity contribution in [2.75, 3.05) is 11.9 Å². The highest BCUT2D eigenvalue weighted by atomic mass is 32.1. The van der Waals surface area contributed by atoms with Crippen LogP contribution in [0.3, 0.4) is 0 Å². The maximum Gasteiger partial charge on any atom is 0.234 e. The molecule has 1 N–H and O–H groups in total. The minimum atomic E-state index is 0.0961. The number of hydrogen-bond donors (Lipinski definition) is 1. The monoisotopic (exact) mass is 435 g/mol. The summed E-state index contributed by atoms with van der Waals surface area (Å²) in [6.07, 6.45) is 5.67. The van der Waals surface area contributed by atoms with E-state index in [1.54, 1.807) is 23.7 Å². The van der Waals surface area contributed by atoms with E-state index in [4.69, 9.17) is 9.72 Å². The fourth-order valence-electron chi connectivity index (χ4n) is 5.13. The van der Waals surface area contributed by atoms with Crippen molar-refractivity contribution in [3.63, 3.8) is 0 Å². The van der Waals surface area contributed by atoms with Gasteiger partial charge in [0.15, 0.2) is 5.13 Å². The van der Waals surface area contributed by atoms with Gasteiger partial charge in [-0.05, 0) is 63.8 Å². The van der Waals surface area contributed by atoms with E-state index in [1.807, 2.05) is 6.07 Å². The van der Waals surface area contributed by atoms with Crippen LogP contribution in [0.25, 0.3) is 21.6 Å². The molecule has 2 aliphatic rings. The first kappa shape index (κ1) is 20.4. The highest BCUT2D eigenvalue weighted by Crippen LogP contribution is 2.46. The first-order chi connectivity index (χ1) is 14.7. The second kappa shape index (κ2) is 7.28. The zero-order valence-corrected chi connectivity index (χ0v) is 19.6. The van der Waals surface area contributed by atoms with Crippen LogP contribution >= 0.6 is 11.3 Å². The lowest BCUT2D eigenvalue weighted by atomic mass is 9.79. The van der Waals surface area contributed by atoms with Crippen molar-refractivity contribution in [2.24, 2.45) is 0 Å². The number of benzene rings is 1. The lowest BCUT2D eigenvalue weighted by Gasteiger charge is -2.48. The molecule has 0 amide bonds. The van der Waals surface area contributed by atoms with Gasteiger partial charge < -0.3 is 15.0 Å². The van der Waals surface area contributed by atoms with E-state index in [9.17, 15) is 0 Å². The fraction of sp³-hybridized carbons (Fsp3) is 0.458. The average molecular weight is 436 g/mol. The number of rotatable bonds is 3. The van der Waals surface area contributed by atoms with Crippen molar-refractivity contribution < 1.29 is 4.74 Å². The number of piperidine rings is 1. The van der Waals surface area contributed by atoms with Gasteiger partial charge in [0, 0.05) is 35.3 Å². The van der Waals surface area contributed by atoms with Gasteiger partial charge in [0.1, 0.15) is 11.5 Å². The molecule has 6 nitrogen and oxygen atoms in total. The van der Waals surface area contributed by atoms with Crippen molar-refractivity contribution in [1.82, 2.24) is 20.5 Å². The van der Waals surface area contributed by atoms with Crippen LogP contribution in [0.4, 0.5) is 5.13 Å². The van der Waals surface area contributed by atoms with Gasteiger partial charge in [0.2, 0.25) is 5.88 Å². The molecule has 7 heteroatoms. The smallest absolute Gasteiger partial charge is 0.234 e. The van der Waals surface area contributed by atoms with E-state index in [2.05, 4.69) is 73.4 Å². The van der Waals surface area contributed by atoms with Crippen molar-refractivity contribution in [3.8, 4) is 27.4 Å². The Bertz CT molecular complexity index is 1090. The summed E-state index contributed by atoms with van der Waals surface area (Å²) in [7, 11) is 2.17. The third-order valence-electron chi connectivity index (χ3n) is 6.23. The van der Waals surface area contributed by atoms with Crippen LogP contribution in [0, 0.1) is 0 Å². The highest BCUT2D eigenvalue weighted by Gasteiger charge is 2.40. The number of ether oxygens (including phenoxy) is 1. The summed E-state index contributed by atoms with van der Waals surface area (Å²) in [6, 6.07) is 8.93. The van der Waals surface area contributed by atoms with Crippen molar-refractivity contribution >= 4 is 16.5 Å². The molecule has 0 radical (unpaired) electrons. The third-order valence-corrected chi connectivity index (χ3v) is 7.40. The predicted octanol–water partition coefficient (Wildman–Crippen LogP) is 4.90. The zero-order valence-electron chi connectivity index (χ0n) is 18.8. The van der Waals surface area contributed by atoms with Gasteiger partial charge in [-0.15, -0.1) is 0 Å². The molecule has 3 aromatic rings. The number of thiazole rings is 1. The topological polar surface area (TPSA) is 63.2 Å². The minimum absolute atomic E-state index is 0.0961. The molecule has 31 heavy (non-hydrogen) atoms. The van der Waals surface area contributed by atoms with Gasteiger partial charge in [0.25, 0.3) is 0 Å². The number of fused-ring (bicyclic) bond motifs is 3. The number of aromatic nitrogens is 3. The standard InChI is InChI=1S/C24H29N5OS/c1-23(2)11-18(12-24(3,4)28-23)29(5)22-27-21-20(31-22)19-7-6-15(10-17(19)14-30-21)16-8-9-25-26-13-16/h6-10,13,18,28H,11-12,14H2,1-5H3. The Morgan fingerprint density at radius 2 is 1.84 bits per heavy atom. The largest absolute Gasteiger partial charge is 0.472 e. The van der Waals surface area contributed by atoms with Gasteiger partial charge in [-0.25, -0.2) is 0 Å². The Kier molecular flexibility index (Phi) is 4.79. The quantitative estimate of drug-likeness (QED) is 0.631. The molecule has 162 valence electrons. The minimum Gasteiger partial charge on any atom is -0.472 e. The molecule has 5 rings (SSSR count). The molecular formula is C24H29N5OS.